The second-order valence-corrected chi connectivity index (χ2v) is 7.77. The lowest BCUT2D eigenvalue weighted by molar-refractivity contribution is 0.242. The van der Waals surface area contributed by atoms with Crippen molar-refractivity contribution in [3.8, 4) is 5.75 Å². The summed E-state index contributed by atoms with van der Waals surface area (Å²) in [5, 5.41) is 0.380. The molecule has 6 heteroatoms. The predicted octanol–water partition coefficient (Wildman–Crippen LogP) is 4.54. The van der Waals surface area contributed by atoms with E-state index in [0.29, 0.717) is 16.5 Å². The highest BCUT2D eigenvalue weighted by atomic mass is 35.5. The Labute approximate surface area is 142 Å². The number of sulfonamides is 1. The molecule has 124 valence electrons. The highest BCUT2D eigenvalue weighted by Crippen LogP contribution is 2.30. The molecular formula is C17H20ClNO3S. The second-order valence-electron chi connectivity index (χ2n) is 5.68. The van der Waals surface area contributed by atoms with Crippen LogP contribution in [0.4, 0.5) is 5.69 Å². The van der Waals surface area contributed by atoms with Crippen molar-refractivity contribution in [2.24, 2.45) is 0 Å². The molecule has 2 aromatic rings. The highest BCUT2D eigenvalue weighted by Gasteiger charge is 2.17. The largest absolute Gasteiger partial charge is 0.491 e. The molecule has 0 saturated heterocycles. The fourth-order valence-corrected chi connectivity index (χ4v) is 3.78. The first-order valence-electron chi connectivity index (χ1n) is 7.25. The van der Waals surface area contributed by atoms with Crippen LogP contribution in [-0.4, -0.2) is 14.5 Å². The van der Waals surface area contributed by atoms with Gasteiger partial charge < -0.3 is 4.74 Å². The average Bonchev–Trinajstić information content (AvgIpc) is 2.43. The summed E-state index contributed by atoms with van der Waals surface area (Å²) in [6.07, 6.45) is 0.0320. The second kappa shape index (κ2) is 6.81. The summed E-state index contributed by atoms with van der Waals surface area (Å²) in [6, 6.07) is 9.90. The minimum Gasteiger partial charge on any atom is -0.491 e. The Balaban J connectivity index is 2.29. The first kappa shape index (κ1) is 17.6. The number of halogens is 1. The zero-order valence-electron chi connectivity index (χ0n) is 13.6. The lowest BCUT2D eigenvalue weighted by Crippen LogP contribution is -2.14. The van der Waals surface area contributed by atoms with Crippen LogP contribution in [0.1, 0.15) is 25.0 Å². The summed E-state index contributed by atoms with van der Waals surface area (Å²) in [7, 11) is -3.71. The van der Waals surface area contributed by atoms with Crippen molar-refractivity contribution in [1.29, 1.82) is 0 Å². The summed E-state index contributed by atoms with van der Waals surface area (Å²) in [5.74, 6) is 0.628. The molecule has 0 fully saturated rings. The lowest BCUT2D eigenvalue weighted by Gasteiger charge is -2.14. The van der Waals surface area contributed by atoms with Crippen molar-refractivity contribution in [3.63, 3.8) is 0 Å². The molecule has 0 aromatic heterocycles. The Morgan fingerprint density at radius 2 is 1.70 bits per heavy atom. The normalized spacial score (nSPS) is 11.6. The molecule has 23 heavy (non-hydrogen) atoms. The Kier molecular flexibility index (Phi) is 5.22. The van der Waals surface area contributed by atoms with E-state index in [1.54, 1.807) is 18.2 Å². The number of rotatable bonds is 5. The van der Waals surface area contributed by atoms with Crippen LogP contribution in [-0.2, 0) is 10.0 Å². The molecule has 0 radical (unpaired) electrons. The van der Waals surface area contributed by atoms with Crippen LogP contribution in [0.3, 0.4) is 0 Å². The van der Waals surface area contributed by atoms with Gasteiger partial charge in [0.2, 0.25) is 0 Å². The lowest BCUT2D eigenvalue weighted by atomic mass is 10.1. The van der Waals surface area contributed by atoms with E-state index < -0.39 is 10.0 Å². The average molecular weight is 354 g/mol. The Bertz CT molecular complexity index is 776. The molecule has 0 saturated carbocycles. The van der Waals surface area contributed by atoms with E-state index in [9.17, 15) is 8.42 Å². The standard InChI is InChI=1S/C17H20ClNO3S/c1-11(2)22-14-5-7-15(8-6-14)23(20,21)19-17-13(4)9-12(3)10-16(17)18/h5-11,19H,1-4H3. The van der Waals surface area contributed by atoms with Gasteiger partial charge in [-0.1, -0.05) is 17.7 Å². The summed E-state index contributed by atoms with van der Waals surface area (Å²) >= 11 is 6.16. The number of hydrogen-bond acceptors (Lipinski definition) is 3. The van der Waals surface area contributed by atoms with Crippen LogP contribution in [0.2, 0.25) is 5.02 Å². The Morgan fingerprint density at radius 3 is 2.22 bits per heavy atom. The maximum atomic E-state index is 12.5. The van der Waals surface area contributed by atoms with E-state index in [-0.39, 0.29) is 11.0 Å². The topological polar surface area (TPSA) is 55.4 Å². The molecule has 0 spiro atoms. The van der Waals surface area contributed by atoms with Gasteiger partial charge in [-0.05, 0) is 69.2 Å². The molecule has 0 heterocycles. The van der Waals surface area contributed by atoms with Crippen molar-refractivity contribution in [2.45, 2.75) is 38.7 Å². The van der Waals surface area contributed by atoms with E-state index in [2.05, 4.69) is 4.72 Å². The van der Waals surface area contributed by atoms with Crippen LogP contribution in [0.25, 0.3) is 0 Å². The minimum atomic E-state index is -3.71. The zero-order valence-corrected chi connectivity index (χ0v) is 15.1. The number of hydrogen-bond donors (Lipinski definition) is 1. The molecule has 0 aliphatic rings. The molecule has 2 aromatic carbocycles. The molecule has 0 aliphatic heterocycles. The number of benzene rings is 2. The maximum Gasteiger partial charge on any atom is 0.261 e. The molecule has 0 atom stereocenters. The van der Waals surface area contributed by atoms with Gasteiger partial charge in [-0.15, -0.1) is 0 Å². The zero-order chi connectivity index (χ0) is 17.2. The number of ether oxygens (including phenoxy) is 1. The fourth-order valence-electron chi connectivity index (χ4n) is 2.21. The van der Waals surface area contributed by atoms with Gasteiger partial charge in [-0.25, -0.2) is 8.42 Å². The molecule has 4 nitrogen and oxygen atoms in total. The Morgan fingerprint density at radius 1 is 1.09 bits per heavy atom. The quantitative estimate of drug-likeness (QED) is 0.858. The van der Waals surface area contributed by atoms with Crippen molar-refractivity contribution < 1.29 is 13.2 Å². The van der Waals surface area contributed by atoms with Crippen molar-refractivity contribution >= 4 is 27.3 Å². The van der Waals surface area contributed by atoms with Gasteiger partial charge in [0.15, 0.2) is 0 Å². The molecule has 1 N–H and O–H groups in total. The molecule has 0 aliphatic carbocycles. The van der Waals surface area contributed by atoms with Crippen molar-refractivity contribution in [1.82, 2.24) is 0 Å². The number of aryl methyl sites for hydroxylation is 2. The van der Waals surface area contributed by atoms with E-state index in [1.165, 1.54) is 12.1 Å². The molecular weight excluding hydrogens is 334 g/mol. The van der Waals surface area contributed by atoms with E-state index in [1.807, 2.05) is 33.8 Å². The van der Waals surface area contributed by atoms with Crippen molar-refractivity contribution in [3.05, 3.63) is 52.5 Å². The van der Waals surface area contributed by atoms with Crippen LogP contribution in [0.5, 0.6) is 5.75 Å². The van der Waals surface area contributed by atoms with Crippen molar-refractivity contribution in [2.75, 3.05) is 4.72 Å². The summed E-state index contributed by atoms with van der Waals surface area (Å²) in [4.78, 5) is 0.157. The van der Waals surface area contributed by atoms with Crippen LogP contribution in [0.15, 0.2) is 41.3 Å². The SMILES string of the molecule is Cc1cc(C)c(NS(=O)(=O)c2ccc(OC(C)C)cc2)c(Cl)c1. The maximum absolute atomic E-state index is 12.5. The molecule has 0 bridgehead atoms. The number of anilines is 1. The highest BCUT2D eigenvalue weighted by molar-refractivity contribution is 7.92. The summed E-state index contributed by atoms with van der Waals surface area (Å²) in [6.45, 7) is 7.55. The van der Waals surface area contributed by atoms with Crippen LogP contribution in [0, 0.1) is 13.8 Å². The number of nitrogens with one attached hydrogen (secondary N) is 1. The molecule has 2 rings (SSSR count). The molecule has 0 unspecified atom stereocenters. The summed E-state index contributed by atoms with van der Waals surface area (Å²) in [5.41, 5.74) is 2.16. The van der Waals surface area contributed by atoms with Crippen LogP contribution < -0.4 is 9.46 Å². The van der Waals surface area contributed by atoms with Gasteiger partial charge in [0.25, 0.3) is 10.0 Å². The van der Waals surface area contributed by atoms with Gasteiger partial charge in [-0.2, -0.15) is 0 Å². The smallest absolute Gasteiger partial charge is 0.261 e. The predicted molar refractivity (Wildman–Crippen MR) is 93.9 cm³/mol. The Hall–Kier alpha value is -1.72. The third-order valence-corrected chi connectivity index (χ3v) is 4.84. The molecule has 0 amide bonds. The minimum absolute atomic E-state index is 0.0320. The van der Waals surface area contributed by atoms with E-state index >= 15 is 0 Å². The van der Waals surface area contributed by atoms with Gasteiger partial charge >= 0.3 is 0 Å². The first-order chi connectivity index (χ1) is 10.7. The third-order valence-electron chi connectivity index (χ3n) is 3.17. The van der Waals surface area contributed by atoms with Gasteiger partial charge in [0, 0.05) is 0 Å². The summed E-state index contributed by atoms with van der Waals surface area (Å²) < 4.78 is 33.1. The first-order valence-corrected chi connectivity index (χ1v) is 9.11. The van der Waals surface area contributed by atoms with E-state index in [4.69, 9.17) is 16.3 Å². The van der Waals surface area contributed by atoms with Gasteiger partial charge in [-0.3, -0.25) is 4.72 Å². The fraction of sp³-hybridized carbons (Fsp3) is 0.294. The van der Waals surface area contributed by atoms with Gasteiger partial charge in [0.05, 0.1) is 21.7 Å². The van der Waals surface area contributed by atoms with Gasteiger partial charge in [0.1, 0.15) is 5.75 Å². The van der Waals surface area contributed by atoms with Crippen LogP contribution >= 0.6 is 11.6 Å². The third kappa shape index (κ3) is 4.39. The van der Waals surface area contributed by atoms with E-state index in [0.717, 1.165) is 11.1 Å². The monoisotopic (exact) mass is 353 g/mol.